The number of hydrogen-bond acceptors (Lipinski definition) is 10. The van der Waals surface area contributed by atoms with Crippen molar-refractivity contribution in [3.05, 3.63) is 12.2 Å². The van der Waals surface area contributed by atoms with Crippen LogP contribution in [0.3, 0.4) is 0 Å². The number of esters is 2. The average Bonchev–Trinajstić information content (AvgIpc) is 3.15. The maximum Gasteiger partial charge on any atom is 0.408 e. The van der Waals surface area contributed by atoms with Gasteiger partial charge in [0.2, 0.25) is 11.8 Å². The number of alkyl carbamates (subject to hydrolysis) is 1. The van der Waals surface area contributed by atoms with E-state index in [4.69, 9.17) is 15.6 Å². The number of carbonyl (C=O) groups is 7. The van der Waals surface area contributed by atoms with Gasteiger partial charge in [-0.2, -0.15) is 0 Å². The molecule has 1 rings (SSSR count). The molecule has 3 N–H and O–H groups in total. The van der Waals surface area contributed by atoms with E-state index in [1.165, 1.54) is 0 Å². The monoisotopic (exact) mass is 611 g/mol. The van der Waals surface area contributed by atoms with Crippen LogP contribution in [0.4, 0.5) is 4.79 Å². The van der Waals surface area contributed by atoms with Gasteiger partial charge in [-0.3, -0.25) is 28.9 Å². The molecule has 43 heavy (non-hydrogen) atoms. The smallest absolute Gasteiger partial charge is 0.408 e. The van der Waals surface area contributed by atoms with Crippen LogP contribution in [0.15, 0.2) is 12.2 Å². The molecule has 0 aromatic heterocycles. The summed E-state index contributed by atoms with van der Waals surface area (Å²) >= 11 is 0. The molecule has 0 fully saturated rings. The minimum atomic E-state index is -1.59. The van der Waals surface area contributed by atoms with Gasteiger partial charge < -0.3 is 30.2 Å². The molecule has 0 aromatic rings. The van der Waals surface area contributed by atoms with Crippen molar-refractivity contribution in [1.29, 1.82) is 0 Å². The fourth-order valence-electron chi connectivity index (χ4n) is 3.53. The first kappa shape index (κ1) is 35.2. The molecule has 14 nitrogen and oxygen atoms in total. The molecule has 1 heterocycles. The number of nitrogens with zero attached hydrogens (tertiary/aromatic N) is 1. The Labute approximate surface area is 254 Å². The molecule has 0 radical (unpaired) electrons. The molecule has 0 unspecified atom stereocenters. The first-order valence-corrected chi connectivity index (χ1v) is 14.1. The molecule has 0 bridgehead atoms. The Morgan fingerprint density at radius 1 is 0.791 bits per heavy atom. The summed E-state index contributed by atoms with van der Waals surface area (Å²) in [5.41, 5.74) is -2.70. The molecule has 0 saturated heterocycles. The first-order valence-electron chi connectivity index (χ1n) is 14.5. The van der Waals surface area contributed by atoms with Crippen molar-refractivity contribution in [2.75, 3.05) is 13.1 Å². The second-order valence-corrected chi connectivity index (χ2v) is 12.9. The second kappa shape index (κ2) is 15.5. The summed E-state index contributed by atoms with van der Waals surface area (Å²) in [7, 11) is 0. The van der Waals surface area contributed by atoms with E-state index in [0.717, 1.165) is 17.1 Å². The summed E-state index contributed by atoms with van der Waals surface area (Å²) < 4.78 is 24.2. The third-order valence-corrected chi connectivity index (χ3v) is 5.23. The number of nitrogens with one attached hydrogen (secondary N) is 3. The van der Waals surface area contributed by atoms with Crippen LogP contribution in [0, 0.1) is 0 Å². The lowest BCUT2D eigenvalue weighted by Crippen LogP contribution is -2.53. The van der Waals surface area contributed by atoms with E-state index in [9.17, 15) is 33.6 Å². The van der Waals surface area contributed by atoms with Gasteiger partial charge in [0.25, 0.3) is 11.8 Å². The maximum atomic E-state index is 13.5. The zero-order valence-electron chi connectivity index (χ0n) is 27.5. The van der Waals surface area contributed by atoms with Crippen LogP contribution in [-0.2, 0) is 43.0 Å². The number of imide groups is 1. The Morgan fingerprint density at radius 3 is 1.81 bits per heavy atom. The minimum Gasteiger partial charge on any atom is -0.460 e. The number of ether oxygens (including phenoxy) is 3. The van der Waals surface area contributed by atoms with Crippen molar-refractivity contribution in [3.63, 3.8) is 0 Å². The number of carbonyl (C=O) groups excluding carboxylic acids is 7. The predicted octanol–water partition coefficient (Wildman–Crippen LogP) is 1.65. The molecule has 0 aromatic carbocycles. The quantitative estimate of drug-likeness (QED) is 0.157. The minimum absolute atomic E-state index is 0.0586. The average molecular weight is 612 g/mol. The highest BCUT2D eigenvalue weighted by molar-refractivity contribution is 6.12. The van der Waals surface area contributed by atoms with E-state index in [-0.39, 0.29) is 44.1 Å². The van der Waals surface area contributed by atoms with Crippen LogP contribution in [0.1, 0.15) is 88.0 Å². The molecule has 1 aliphatic rings. The van der Waals surface area contributed by atoms with Crippen molar-refractivity contribution < 1.29 is 49.2 Å². The second-order valence-electron chi connectivity index (χ2n) is 12.9. The zero-order chi connectivity index (χ0) is 34.0. The van der Waals surface area contributed by atoms with Crippen molar-refractivity contribution in [3.8, 4) is 0 Å². The van der Waals surface area contributed by atoms with Gasteiger partial charge in [-0.25, -0.2) is 9.59 Å². The van der Waals surface area contributed by atoms with E-state index in [1.54, 1.807) is 62.3 Å². The van der Waals surface area contributed by atoms with E-state index >= 15 is 0 Å². The topological polar surface area (TPSA) is 187 Å². The summed E-state index contributed by atoms with van der Waals surface area (Å²) in [4.78, 5) is 88.3. The molecule has 0 aliphatic carbocycles. The summed E-state index contributed by atoms with van der Waals surface area (Å²) in [5, 5.41) is 5.26. The highest BCUT2D eigenvalue weighted by Crippen LogP contribution is 2.15. The fraction of sp³-hybridized carbons (Fsp3) is 0.690. The van der Waals surface area contributed by atoms with Gasteiger partial charge in [0.15, 0.2) is 1.41 Å². The van der Waals surface area contributed by atoms with Crippen LogP contribution in [-0.4, -0.2) is 88.5 Å². The first-order chi connectivity index (χ1) is 20.0. The Morgan fingerprint density at radius 2 is 1.30 bits per heavy atom. The van der Waals surface area contributed by atoms with Crippen LogP contribution in [0.25, 0.3) is 0 Å². The summed E-state index contributed by atoms with van der Waals surface area (Å²) in [6.45, 7) is 14.5. The van der Waals surface area contributed by atoms with Crippen molar-refractivity contribution in [2.24, 2.45) is 0 Å². The van der Waals surface area contributed by atoms with Crippen LogP contribution < -0.4 is 15.9 Å². The fourth-order valence-corrected chi connectivity index (χ4v) is 3.53. The number of hydrogen-bond donors (Lipinski definition) is 3. The van der Waals surface area contributed by atoms with Gasteiger partial charge in [0, 0.05) is 38.1 Å². The van der Waals surface area contributed by atoms with Gasteiger partial charge in [-0.05, 0) is 75.2 Å². The van der Waals surface area contributed by atoms with Crippen LogP contribution in [0.2, 0.25) is 1.41 Å². The van der Waals surface area contributed by atoms with Crippen LogP contribution >= 0.6 is 0 Å². The van der Waals surface area contributed by atoms with E-state index in [1.807, 2.05) is 0 Å². The number of amides is 5. The highest BCUT2D eigenvalue weighted by atomic mass is 16.6. The van der Waals surface area contributed by atoms with Gasteiger partial charge in [0.1, 0.15) is 28.9 Å². The largest absolute Gasteiger partial charge is 0.460 e. The SMILES string of the molecule is [2H]N(C(=O)OC(C)(C)C)[C@H](CCC(=O)NCCN1C(=O)C=CC1=O)C(=O)N[C@@H](CCC(=O)OC(C)(C)C)C(=O)OC(C)(C)C. The standard InChI is InChI=1S/C29H46N4O10/c1-27(2,3)41-23(37)15-11-19(25(39)42-28(4,5)6)31-24(38)18(32-26(40)43-29(7,8)9)10-12-20(34)30-16-17-33-21(35)13-14-22(33)36/h13-14,18-19H,10-12,15-17H2,1-9H3,(H,30,34)(H,31,38)(H,32,40)/t18-,19+/m1/s1/i/hD. The lowest BCUT2D eigenvalue weighted by molar-refractivity contribution is -0.160. The van der Waals surface area contributed by atoms with Crippen LogP contribution in [0.5, 0.6) is 0 Å². The Kier molecular flexibility index (Phi) is 12.7. The third-order valence-electron chi connectivity index (χ3n) is 5.23. The van der Waals surface area contributed by atoms with Gasteiger partial charge in [0.05, 0.1) is 0 Å². The highest BCUT2D eigenvalue weighted by Gasteiger charge is 2.32. The molecule has 242 valence electrons. The molecule has 0 saturated carbocycles. The van der Waals surface area contributed by atoms with Crippen molar-refractivity contribution >= 4 is 41.7 Å². The van der Waals surface area contributed by atoms with Crippen molar-refractivity contribution in [2.45, 2.75) is 117 Å². The maximum absolute atomic E-state index is 13.5. The zero-order valence-corrected chi connectivity index (χ0v) is 26.5. The molecular weight excluding hydrogens is 564 g/mol. The summed E-state index contributed by atoms with van der Waals surface area (Å²) in [5.74, 6) is -4.01. The van der Waals surface area contributed by atoms with Gasteiger partial charge in [-0.1, -0.05) is 0 Å². The van der Waals surface area contributed by atoms with E-state index < -0.39 is 70.5 Å². The summed E-state index contributed by atoms with van der Waals surface area (Å²) in [6, 6.07) is -2.94. The van der Waals surface area contributed by atoms with Crippen molar-refractivity contribution in [1.82, 2.24) is 20.8 Å². The molecule has 1 aliphatic heterocycles. The molecule has 5 amide bonds. The Bertz CT molecular complexity index is 1120. The normalized spacial score (nSPS) is 15.3. The molecule has 14 heteroatoms. The van der Waals surface area contributed by atoms with Gasteiger partial charge >= 0.3 is 18.0 Å². The van der Waals surface area contributed by atoms with Gasteiger partial charge in [-0.15, -0.1) is 0 Å². The third kappa shape index (κ3) is 15.7. The number of rotatable bonds is 13. The van der Waals surface area contributed by atoms with E-state index in [0.29, 0.717) is 0 Å². The molecule has 2 atom stereocenters. The Balaban J connectivity index is 3.06. The molecule has 0 spiro atoms. The van der Waals surface area contributed by atoms with E-state index in [2.05, 4.69) is 10.6 Å². The lowest BCUT2D eigenvalue weighted by atomic mass is 10.1. The summed E-state index contributed by atoms with van der Waals surface area (Å²) in [6.07, 6.45) is -0.0735. The molecular formula is C29H46N4O10. The predicted molar refractivity (Wildman–Crippen MR) is 154 cm³/mol. The lowest BCUT2D eigenvalue weighted by Gasteiger charge is -2.27. The Hall–Kier alpha value is -3.97.